The second-order valence-electron chi connectivity index (χ2n) is 5.31. The summed E-state index contributed by atoms with van der Waals surface area (Å²) in [4.78, 5) is 24.8. The van der Waals surface area contributed by atoms with E-state index in [0.29, 0.717) is 42.6 Å². The molecule has 2 rings (SSSR count). The zero-order valence-corrected chi connectivity index (χ0v) is 14.3. The van der Waals surface area contributed by atoms with Gasteiger partial charge in [-0.05, 0) is 18.6 Å². The van der Waals surface area contributed by atoms with Crippen LogP contribution in [-0.2, 0) is 20.4 Å². The second-order valence-corrected chi connectivity index (χ2v) is 6.88. The van der Waals surface area contributed by atoms with E-state index in [1.165, 1.54) is 4.90 Å². The fourth-order valence-corrected chi connectivity index (χ4v) is 3.40. The number of aliphatic carboxylic acids is 1. The Morgan fingerprint density at radius 1 is 1.25 bits per heavy atom. The van der Waals surface area contributed by atoms with E-state index in [2.05, 4.69) is 0 Å². The molecule has 1 unspecified atom stereocenters. The first-order valence-electron chi connectivity index (χ1n) is 7.79. The highest BCUT2D eigenvalue weighted by atomic mass is 32.2. The summed E-state index contributed by atoms with van der Waals surface area (Å²) in [6.07, 6.45) is 0.707. The number of amides is 1. The number of carboxylic acids is 1. The van der Waals surface area contributed by atoms with E-state index >= 15 is 0 Å². The lowest BCUT2D eigenvalue weighted by atomic mass is 10.3. The van der Waals surface area contributed by atoms with Gasteiger partial charge in [-0.2, -0.15) is 0 Å². The maximum atomic E-state index is 12.4. The first-order valence-corrected chi connectivity index (χ1v) is 9.10. The van der Waals surface area contributed by atoms with Crippen molar-refractivity contribution >= 4 is 22.7 Å². The topological polar surface area (TPSA) is 93.1 Å². The van der Waals surface area contributed by atoms with E-state index in [9.17, 15) is 13.8 Å². The molecule has 1 atom stereocenters. The Labute approximate surface area is 143 Å². The molecule has 0 saturated heterocycles. The van der Waals surface area contributed by atoms with Crippen molar-refractivity contribution in [1.82, 2.24) is 4.90 Å². The standard InChI is InChI=1S/C16H21NO6S/c1-2-6-17(11-16(19)20)15(18)5-9-24(21)12-3-4-13-14(10-12)23-8-7-22-13/h3-4,10H,2,5-9,11H2,1H3,(H,19,20). The maximum absolute atomic E-state index is 12.4. The molecular weight excluding hydrogens is 334 g/mol. The van der Waals surface area contributed by atoms with Gasteiger partial charge in [0.25, 0.3) is 0 Å². The lowest BCUT2D eigenvalue weighted by molar-refractivity contribution is -0.144. The Balaban J connectivity index is 1.94. The molecule has 0 radical (unpaired) electrons. The fraction of sp³-hybridized carbons (Fsp3) is 0.500. The number of fused-ring (bicyclic) bond motifs is 1. The Morgan fingerprint density at radius 2 is 1.96 bits per heavy atom. The van der Waals surface area contributed by atoms with E-state index in [-0.39, 0.29) is 24.6 Å². The Bertz CT molecular complexity index is 633. The van der Waals surface area contributed by atoms with Crippen molar-refractivity contribution in [3.05, 3.63) is 18.2 Å². The van der Waals surface area contributed by atoms with Crippen LogP contribution in [0.25, 0.3) is 0 Å². The minimum absolute atomic E-state index is 0.0360. The summed E-state index contributed by atoms with van der Waals surface area (Å²) >= 11 is 0. The van der Waals surface area contributed by atoms with Crippen LogP contribution in [0, 0.1) is 0 Å². The summed E-state index contributed by atoms with van der Waals surface area (Å²) in [5.41, 5.74) is 0. The first-order chi connectivity index (χ1) is 11.5. The van der Waals surface area contributed by atoms with Gasteiger partial charge in [0.2, 0.25) is 5.91 Å². The van der Waals surface area contributed by atoms with Gasteiger partial charge in [0.05, 0.1) is 10.8 Å². The fourth-order valence-electron chi connectivity index (χ4n) is 2.35. The first kappa shape index (κ1) is 18.3. The third kappa shape index (κ3) is 4.95. The Morgan fingerprint density at radius 3 is 2.62 bits per heavy atom. The molecule has 1 heterocycles. The molecule has 8 heteroatoms. The molecule has 0 saturated carbocycles. The number of carbonyl (C=O) groups is 2. The van der Waals surface area contributed by atoms with Crippen LogP contribution < -0.4 is 9.47 Å². The van der Waals surface area contributed by atoms with Gasteiger partial charge in [0, 0.05) is 29.7 Å². The summed E-state index contributed by atoms with van der Waals surface area (Å²) in [5.74, 6) is -0.0429. The van der Waals surface area contributed by atoms with Crippen molar-refractivity contribution in [2.75, 3.05) is 32.1 Å². The predicted molar refractivity (Wildman–Crippen MR) is 87.8 cm³/mol. The number of ether oxygens (including phenoxy) is 2. The molecule has 0 aromatic heterocycles. The maximum Gasteiger partial charge on any atom is 0.323 e. The zero-order valence-electron chi connectivity index (χ0n) is 13.5. The van der Waals surface area contributed by atoms with Crippen molar-refractivity contribution < 1.29 is 28.4 Å². The molecule has 1 aromatic carbocycles. The van der Waals surface area contributed by atoms with Crippen molar-refractivity contribution in [3.63, 3.8) is 0 Å². The quantitative estimate of drug-likeness (QED) is 0.755. The molecule has 1 aromatic rings. The van der Waals surface area contributed by atoms with E-state index in [0.717, 1.165) is 0 Å². The number of carbonyl (C=O) groups excluding carboxylic acids is 1. The normalized spacial score (nSPS) is 14.0. The zero-order chi connectivity index (χ0) is 17.5. The van der Waals surface area contributed by atoms with Crippen molar-refractivity contribution in [3.8, 4) is 11.5 Å². The van der Waals surface area contributed by atoms with E-state index in [1.54, 1.807) is 18.2 Å². The smallest absolute Gasteiger partial charge is 0.323 e. The third-order valence-corrected chi connectivity index (χ3v) is 4.80. The van der Waals surface area contributed by atoms with Crippen LogP contribution in [0.4, 0.5) is 0 Å². The molecule has 132 valence electrons. The van der Waals surface area contributed by atoms with Gasteiger partial charge in [-0.25, -0.2) is 0 Å². The summed E-state index contributed by atoms with van der Waals surface area (Å²) in [6.45, 7) is 2.85. The summed E-state index contributed by atoms with van der Waals surface area (Å²) in [7, 11) is -1.37. The molecule has 1 aliphatic heterocycles. The molecule has 0 fully saturated rings. The third-order valence-electron chi connectivity index (χ3n) is 3.45. The van der Waals surface area contributed by atoms with Crippen LogP contribution in [0.15, 0.2) is 23.1 Å². The minimum Gasteiger partial charge on any atom is -0.486 e. The number of hydrogen-bond acceptors (Lipinski definition) is 5. The van der Waals surface area contributed by atoms with Crippen LogP contribution in [0.3, 0.4) is 0 Å². The summed E-state index contributed by atoms with van der Waals surface area (Å²) in [6, 6.07) is 5.06. The lowest BCUT2D eigenvalue weighted by Crippen LogP contribution is -2.36. The molecule has 0 bridgehead atoms. The highest BCUT2D eigenvalue weighted by molar-refractivity contribution is 7.85. The average Bonchev–Trinajstić information content (AvgIpc) is 2.58. The van der Waals surface area contributed by atoms with Gasteiger partial charge in [0.15, 0.2) is 11.5 Å². The molecule has 24 heavy (non-hydrogen) atoms. The van der Waals surface area contributed by atoms with Crippen LogP contribution in [0.5, 0.6) is 11.5 Å². The lowest BCUT2D eigenvalue weighted by Gasteiger charge is -2.20. The summed E-state index contributed by atoms with van der Waals surface area (Å²) < 4.78 is 23.2. The number of hydrogen-bond donors (Lipinski definition) is 1. The van der Waals surface area contributed by atoms with Gasteiger partial charge in [-0.1, -0.05) is 6.92 Å². The van der Waals surface area contributed by atoms with Gasteiger partial charge in [0.1, 0.15) is 19.8 Å². The molecular formula is C16H21NO6S. The molecule has 1 aliphatic rings. The number of carboxylic acid groups (broad SMARTS) is 1. The van der Waals surface area contributed by atoms with Gasteiger partial charge in [-0.15, -0.1) is 0 Å². The highest BCUT2D eigenvalue weighted by Crippen LogP contribution is 2.31. The SMILES string of the molecule is CCCN(CC(=O)O)C(=O)CCS(=O)c1ccc2c(c1)OCCO2. The van der Waals surface area contributed by atoms with Crippen LogP contribution in [0.2, 0.25) is 0 Å². The van der Waals surface area contributed by atoms with E-state index < -0.39 is 16.8 Å². The largest absolute Gasteiger partial charge is 0.486 e. The number of rotatable bonds is 8. The van der Waals surface area contributed by atoms with Crippen LogP contribution in [-0.4, -0.2) is 58.1 Å². The van der Waals surface area contributed by atoms with Crippen molar-refractivity contribution in [2.45, 2.75) is 24.7 Å². The number of nitrogens with zero attached hydrogens (tertiary/aromatic N) is 1. The molecule has 0 spiro atoms. The van der Waals surface area contributed by atoms with Crippen molar-refractivity contribution in [1.29, 1.82) is 0 Å². The van der Waals surface area contributed by atoms with Gasteiger partial charge >= 0.3 is 5.97 Å². The molecule has 0 aliphatic carbocycles. The highest BCUT2D eigenvalue weighted by Gasteiger charge is 2.18. The minimum atomic E-state index is -1.37. The summed E-state index contributed by atoms with van der Waals surface area (Å²) in [5, 5.41) is 8.85. The monoisotopic (exact) mass is 355 g/mol. The second kappa shape index (κ2) is 8.68. The van der Waals surface area contributed by atoms with E-state index in [4.69, 9.17) is 14.6 Å². The Kier molecular flexibility index (Phi) is 6.60. The van der Waals surface area contributed by atoms with Crippen LogP contribution >= 0.6 is 0 Å². The van der Waals surface area contributed by atoms with E-state index in [1.807, 2.05) is 6.92 Å². The molecule has 1 N–H and O–H groups in total. The van der Waals surface area contributed by atoms with Gasteiger partial charge in [-0.3, -0.25) is 13.8 Å². The predicted octanol–water partition coefficient (Wildman–Crippen LogP) is 1.28. The molecule has 7 nitrogen and oxygen atoms in total. The Hall–Kier alpha value is -2.09. The van der Waals surface area contributed by atoms with Crippen LogP contribution in [0.1, 0.15) is 19.8 Å². The van der Waals surface area contributed by atoms with Crippen molar-refractivity contribution in [2.24, 2.45) is 0 Å². The average molecular weight is 355 g/mol. The molecule has 1 amide bonds. The van der Waals surface area contributed by atoms with Gasteiger partial charge < -0.3 is 19.5 Å². The number of benzene rings is 1.